The molecular formula is C24H32ClN3. The molecule has 2 N–H and O–H groups in total. The molecule has 4 heteroatoms. The third-order valence-corrected chi connectivity index (χ3v) is 6.69. The van der Waals surface area contributed by atoms with Crippen LogP contribution in [-0.4, -0.2) is 18.1 Å². The highest BCUT2D eigenvalue weighted by molar-refractivity contribution is 6.33. The van der Waals surface area contributed by atoms with Gasteiger partial charge in [-0.1, -0.05) is 55.8 Å². The van der Waals surface area contributed by atoms with E-state index in [0.717, 1.165) is 55.5 Å². The highest BCUT2D eigenvalue weighted by Gasteiger charge is 2.15. The highest BCUT2D eigenvalue weighted by Crippen LogP contribution is 2.31. The van der Waals surface area contributed by atoms with Crippen LogP contribution in [0, 0.1) is 5.92 Å². The average molecular weight is 398 g/mol. The topological polar surface area (TPSA) is 37.0 Å². The van der Waals surface area contributed by atoms with Crippen molar-refractivity contribution in [2.75, 3.05) is 18.4 Å². The van der Waals surface area contributed by atoms with E-state index in [0.29, 0.717) is 0 Å². The van der Waals surface area contributed by atoms with Gasteiger partial charge in [0.25, 0.3) is 0 Å². The van der Waals surface area contributed by atoms with Crippen molar-refractivity contribution in [3.05, 3.63) is 57.9 Å². The molecule has 1 fully saturated rings. The molecule has 28 heavy (non-hydrogen) atoms. The normalized spacial score (nSPS) is 17.8. The van der Waals surface area contributed by atoms with Crippen LogP contribution >= 0.6 is 11.6 Å². The first-order valence-corrected chi connectivity index (χ1v) is 11.4. The first-order chi connectivity index (χ1) is 13.8. The zero-order chi connectivity index (χ0) is 19.2. The van der Waals surface area contributed by atoms with Gasteiger partial charge in [-0.25, -0.2) is 0 Å². The fourth-order valence-corrected chi connectivity index (χ4v) is 4.90. The van der Waals surface area contributed by atoms with Crippen LogP contribution < -0.4 is 10.6 Å². The van der Waals surface area contributed by atoms with E-state index in [4.69, 9.17) is 16.6 Å². The Kier molecular flexibility index (Phi) is 6.87. The third-order valence-electron chi connectivity index (χ3n) is 6.37. The van der Waals surface area contributed by atoms with Gasteiger partial charge in [-0.2, -0.15) is 0 Å². The fourth-order valence-electron chi connectivity index (χ4n) is 4.66. The Labute approximate surface area is 174 Å². The summed E-state index contributed by atoms with van der Waals surface area (Å²) in [4.78, 5) is 4.72. The van der Waals surface area contributed by atoms with Gasteiger partial charge in [0, 0.05) is 18.4 Å². The van der Waals surface area contributed by atoms with E-state index in [1.807, 2.05) is 12.3 Å². The van der Waals surface area contributed by atoms with Crippen molar-refractivity contribution in [2.24, 2.45) is 5.92 Å². The Balaban J connectivity index is 1.35. The predicted octanol–water partition coefficient (Wildman–Crippen LogP) is 5.55. The molecule has 0 atom stereocenters. The molecule has 0 saturated heterocycles. The van der Waals surface area contributed by atoms with Crippen LogP contribution in [0.3, 0.4) is 0 Å². The van der Waals surface area contributed by atoms with E-state index in [9.17, 15) is 0 Å². The summed E-state index contributed by atoms with van der Waals surface area (Å²) in [5.41, 5.74) is 6.32. The monoisotopic (exact) mass is 397 g/mol. The zero-order valence-electron chi connectivity index (χ0n) is 16.8. The molecule has 0 radical (unpaired) electrons. The fraction of sp³-hybridized carbons (Fsp3) is 0.542. The summed E-state index contributed by atoms with van der Waals surface area (Å²) in [7, 11) is 0. The third kappa shape index (κ3) is 5.07. The van der Waals surface area contributed by atoms with E-state index >= 15 is 0 Å². The van der Waals surface area contributed by atoms with E-state index in [2.05, 4.69) is 28.8 Å². The first-order valence-electron chi connectivity index (χ1n) is 11.0. The Morgan fingerprint density at radius 1 is 1.04 bits per heavy atom. The maximum atomic E-state index is 6.52. The lowest BCUT2D eigenvalue weighted by Crippen LogP contribution is -2.16. The Bertz CT molecular complexity index is 766. The molecule has 0 unspecified atom stereocenters. The van der Waals surface area contributed by atoms with Crippen LogP contribution in [0.1, 0.15) is 60.9 Å². The van der Waals surface area contributed by atoms with Crippen molar-refractivity contribution in [1.82, 2.24) is 10.3 Å². The molecule has 4 rings (SSSR count). The van der Waals surface area contributed by atoms with Gasteiger partial charge in [-0.15, -0.1) is 0 Å². The molecule has 1 aromatic carbocycles. The number of aryl methyl sites for hydroxylation is 1. The number of pyridine rings is 1. The summed E-state index contributed by atoms with van der Waals surface area (Å²) < 4.78 is 0. The summed E-state index contributed by atoms with van der Waals surface area (Å²) in [6, 6.07) is 8.63. The summed E-state index contributed by atoms with van der Waals surface area (Å²) in [6.07, 6.45) is 13.6. The zero-order valence-corrected chi connectivity index (χ0v) is 17.5. The minimum absolute atomic E-state index is 0.763. The summed E-state index contributed by atoms with van der Waals surface area (Å²) in [5, 5.41) is 7.88. The predicted molar refractivity (Wildman–Crippen MR) is 118 cm³/mol. The number of hydrogen-bond donors (Lipinski definition) is 2. The van der Waals surface area contributed by atoms with Crippen LogP contribution in [0.25, 0.3) is 0 Å². The van der Waals surface area contributed by atoms with Crippen LogP contribution in [0.4, 0.5) is 5.69 Å². The lowest BCUT2D eigenvalue weighted by Gasteiger charge is -2.21. The number of nitrogens with one attached hydrogen (secondary N) is 2. The van der Waals surface area contributed by atoms with E-state index < -0.39 is 0 Å². The molecule has 1 aliphatic carbocycles. The Hall–Kier alpha value is -1.58. The number of nitrogens with zero attached hydrogens (tertiary/aromatic N) is 1. The van der Waals surface area contributed by atoms with Gasteiger partial charge in [0.05, 0.1) is 10.7 Å². The average Bonchev–Trinajstić information content (AvgIpc) is 2.99. The number of halogens is 1. The Morgan fingerprint density at radius 3 is 2.71 bits per heavy atom. The quantitative estimate of drug-likeness (QED) is 0.671. The molecular weight excluding hydrogens is 366 g/mol. The molecule has 0 bridgehead atoms. The van der Waals surface area contributed by atoms with Crippen LogP contribution in [0.2, 0.25) is 5.02 Å². The van der Waals surface area contributed by atoms with Crippen LogP contribution in [0.15, 0.2) is 30.5 Å². The molecule has 2 aliphatic rings. The molecule has 150 valence electrons. The molecule has 1 aromatic heterocycles. The van der Waals surface area contributed by atoms with Crippen molar-refractivity contribution in [3.8, 4) is 0 Å². The maximum absolute atomic E-state index is 6.52. The van der Waals surface area contributed by atoms with E-state index in [1.54, 1.807) is 0 Å². The lowest BCUT2D eigenvalue weighted by molar-refractivity contribution is 0.338. The summed E-state index contributed by atoms with van der Waals surface area (Å²) in [5.74, 6) is 0.918. The lowest BCUT2D eigenvalue weighted by atomic mass is 9.86. The number of rotatable bonds is 6. The van der Waals surface area contributed by atoms with E-state index in [1.165, 1.54) is 60.9 Å². The van der Waals surface area contributed by atoms with Gasteiger partial charge in [0.2, 0.25) is 0 Å². The minimum Gasteiger partial charge on any atom is -0.379 e. The molecule has 0 spiro atoms. The number of fused-ring (bicyclic) bond motifs is 1. The van der Waals surface area contributed by atoms with Gasteiger partial charge in [-0.3, -0.25) is 4.98 Å². The van der Waals surface area contributed by atoms with Crippen molar-refractivity contribution in [1.29, 1.82) is 0 Å². The van der Waals surface area contributed by atoms with Crippen LogP contribution in [-0.2, 0) is 25.8 Å². The van der Waals surface area contributed by atoms with Gasteiger partial charge in [0.15, 0.2) is 0 Å². The molecule has 2 aromatic rings. The van der Waals surface area contributed by atoms with Crippen molar-refractivity contribution in [2.45, 2.75) is 64.3 Å². The summed E-state index contributed by atoms with van der Waals surface area (Å²) >= 11 is 6.52. The van der Waals surface area contributed by atoms with Gasteiger partial charge < -0.3 is 10.6 Å². The second-order valence-corrected chi connectivity index (χ2v) is 8.77. The highest BCUT2D eigenvalue weighted by atomic mass is 35.5. The van der Waals surface area contributed by atoms with Crippen molar-refractivity contribution in [3.63, 3.8) is 0 Å². The number of hydrogen-bond acceptors (Lipinski definition) is 3. The van der Waals surface area contributed by atoms with Gasteiger partial charge in [0.1, 0.15) is 0 Å². The number of aromatic nitrogens is 1. The van der Waals surface area contributed by atoms with Crippen LogP contribution in [0.5, 0.6) is 0 Å². The minimum atomic E-state index is 0.763. The SMILES string of the molecule is Clc1ccc2c(c1NCc1ccc(CCC3CCCCC3)nc1)CCNCC2. The van der Waals surface area contributed by atoms with E-state index in [-0.39, 0.29) is 0 Å². The summed E-state index contributed by atoms with van der Waals surface area (Å²) in [6.45, 7) is 2.82. The molecule has 0 amide bonds. The second-order valence-electron chi connectivity index (χ2n) is 8.36. The number of benzene rings is 1. The second kappa shape index (κ2) is 9.76. The number of anilines is 1. The molecule has 1 aliphatic heterocycles. The molecule has 1 saturated carbocycles. The smallest absolute Gasteiger partial charge is 0.0640 e. The Morgan fingerprint density at radius 2 is 1.89 bits per heavy atom. The van der Waals surface area contributed by atoms with Gasteiger partial charge >= 0.3 is 0 Å². The molecule has 3 nitrogen and oxygen atoms in total. The molecule has 2 heterocycles. The standard InChI is InChI=1S/C24H32ClN3/c25-23-11-8-20-12-14-26-15-13-22(20)24(23)28-17-19-7-10-21(27-16-19)9-6-18-4-2-1-3-5-18/h7-8,10-11,16,18,26,28H,1-6,9,12-15,17H2. The first kappa shape index (κ1) is 19.7. The maximum Gasteiger partial charge on any atom is 0.0640 e. The van der Waals surface area contributed by atoms with Crippen molar-refractivity contribution < 1.29 is 0 Å². The van der Waals surface area contributed by atoms with Gasteiger partial charge in [-0.05, 0) is 73.5 Å². The van der Waals surface area contributed by atoms with Crippen molar-refractivity contribution >= 4 is 17.3 Å². The largest absolute Gasteiger partial charge is 0.379 e.